The van der Waals surface area contributed by atoms with E-state index in [-0.39, 0.29) is 42.1 Å². The van der Waals surface area contributed by atoms with Crippen LogP contribution in [0, 0.1) is 0 Å². The molecule has 1 N–H and O–H groups in total. The average molecular weight is 612 g/mol. The average Bonchev–Trinajstić information content (AvgIpc) is 3.52. The Hall–Kier alpha value is -2.13. The van der Waals surface area contributed by atoms with Crippen LogP contribution in [0.25, 0.3) is 10.1 Å². The van der Waals surface area contributed by atoms with Crippen molar-refractivity contribution in [1.82, 2.24) is 24.4 Å². The lowest BCUT2D eigenvalue weighted by molar-refractivity contribution is -0.122. The van der Waals surface area contributed by atoms with Gasteiger partial charge in [-0.25, -0.2) is 13.4 Å². The summed E-state index contributed by atoms with van der Waals surface area (Å²) in [6, 6.07) is 6.15. The second-order valence-corrected chi connectivity index (χ2v) is 14.4. The molecule has 0 radical (unpaired) electrons. The van der Waals surface area contributed by atoms with Crippen molar-refractivity contribution in [3.05, 3.63) is 44.9 Å². The first-order valence-corrected chi connectivity index (χ1v) is 16.0. The highest BCUT2D eigenvalue weighted by atomic mass is 35.5. The number of thiazole rings is 1. The molecule has 0 aliphatic carbocycles. The number of likely N-dealkylation sites (N-methyl/N-ethyl adjacent to an activating group) is 1. The van der Waals surface area contributed by atoms with Crippen molar-refractivity contribution in [3.8, 4) is 0 Å². The topological polar surface area (TPSA) is 112 Å². The zero-order valence-corrected chi connectivity index (χ0v) is 24.9. The highest BCUT2D eigenvalue weighted by Crippen LogP contribution is 2.35. The number of carbonyl (C=O) groups excluding carboxylic acids is 2. The molecule has 3 aromatic rings. The number of methoxy groups -OCH3 is 1. The second-order valence-electron chi connectivity index (χ2n) is 9.69. The van der Waals surface area contributed by atoms with Crippen molar-refractivity contribution in [2.45, 2.75) is 29.6 Å². The molecular weight excluding hydrogens is 582 g/mol. The summed E-state index contributed by atoms with van der Waals surface area (Å²) < 4.78 is 35.0. The number of thiophene rings is 1. The fourth-order valence-electron chi connectivity index (χ4n) is 4.86. The molecule has 10 nitrogen and oxygen atoms in total. The minimum atomic E-state index is -3.93. The summed E-state index contributed by atoms with van der Waals surface area (Å²) >= 11 is 8.65. The summed E-state index contributed by atoms with van der Waals surface area (Å²) in [5.41, 5.74) is 0.960. The zero-order chi connectivity index (χ0) is 27.7. The third-order valence-electron chi connectivity index (χ3n) is 6.89. The van der Waals surface area contributed by atoms with Gasteiger partial charge in [-0.2, -0.15) is 4.31 Å². The Kier molecular flexibility index (Phi) is 8.57. The van der Waals surface area contributed by atoms with Crippen LogP contribution in [0.4, 0.5) is 0 Å². The number of carbonyl (C=O) groups is 2. The first-order chi connectivity index (χ1) is 18.7. The second kappa shape index (κ2) is 11.8. The van der Waals surface area contributed by atoms with Crippen LogP contribution in [-0.4, -0.2) is 98.9 Å². The van der Waals surface area contributed by atoms with E-state index in [1.165, 1.54) is 22.8 Å². The molecule has 5 rings (SSSR count). The van der Waals surface area contributed by atoms with Gasteiger partial charge in [0.15, 0.2) is 5.01 Å². The van der Waals surface area contributed by atoms with E-state index >= 15 is 0 Å². The summed E-state index contributed by atoms with van der Waals surface area (Å²) in [6.07, 6.45) is 0.717. The molecule has 2 aromatic heterocycles. The van der Waals surface area contributed by atoms with E-state index in [1.54, 1.807) is 29.2 Å². The van der Waals surface area contributed by atoms with Crippen molar-refractivity contribution >= 4 is 66.2 Å². The molecule has 210 valence electrons. The van der Waals surface area contributed by atoms with Gasteiger partial charge < -0.3 is 19.9 Å². The third-order valence-corrected chi connectivity index (χ3v) is 11.7. The SMILES string of the molecule is COCCNC(=O)CC1CN(C(=O)c2nc3c(s2)CN(C)CC3)CCN1S(=O)(=O)c1cc2ccc(Cl)cc2s1. The molecular formula is C25H30ClN5O5S3. The van der Waals surface area contributed by atoms with E-state index in [4.69, 9.17) is 16.3 Å². The summed E-state index contributed by atoms with van der Waals surface area (Å²) in [4.78, 5) is 35.8. The molecule has 2 aliphatic rings. The fourth-order valence-corrected chi connectivity index (χ4v) is 9.42. The normalized spacial score (nSPS) is 18.8. The van der Waals surface area contributed by atoms with Gasteiger partial charge >= 0.3 is 0 Å². The number of nitrogens with one attached hydrogen (secondary N) is 1. The van der Waals surface area contributed by atoms with Crippen molar-refractivity contribution in [2.24, 2.45) is 0 Å². The maximum atomic E-state index is 13.8. The highest BCUT2D eigenvalue weighted by molar-refractivity contribution is 7.91. The number of piperazine rings is 1. The number of benzene rings is 1. The molecule has 2 aliphatic heterocycles. The summed E-state index contributed by atoms with van der Waals surface area (Å²) in [5.74, 6) is -0.530. The molecule has 0 spiro atoms. The largest absolute Gasteiger partial charge is 0.383 e. The molecule has 2 amide bonds. The van der Waals surface area contributed by atoms with Crippen LogP contribution in [-0.2, 0) is 32.5 Å². The standard InChI is InChI=1S/C25H30ClN5O5S3/c1-29-7-5-19-21(15-29)38-24(28-19)25(33)30-8-9-31(18(14-30)13-22(32)27-6-10-36-2)39(34,35)23-11-16-3-4-17(26)12-20(16)37-23/h3-4,11-12,18H,5-10,13-15H2,1-2H3,(H,27,32). The minimum absolute atomic E-state index is 0.0763. The van der Waals surface area contributed by atoms with E-state index in [9.17, 15) is 18.0 Å². The quantitative estimate of drug-likeness (QED) is 0.390. The number of hydrogen-bond donors (Lipinski definition) is 1. The van der Waals surface area contributed by atoms with E-state index in [1.807, 2.05) is 7.05 Å². The van der Waals surface area contributed by atoms with Gasteiger partial charge in [0, 0.05) is 73.8 Å². The molecule has 1 aromatic carbocycles. The number of amides is 2. The third kappa shape index (κ3) is 6.14. The molecule has 1 fully saturated rings. The van der Waals surface area contributed by atoms with E-state index in [2.05, 4.69) is 15.2 Å². The molecule has 0 bridgehead atoms. The number of fused-ring (bicyclic) bond motifs is 2. The maximum Gasteiger partial charge on any atom is 0.282 e. The number of aromatic nitrogens is 1. The van der Waals surface area contributed by atoms with Gasteiger partial charge in [-0.1, -0.05) is 17.7 Å². The summed E-state index contributed by atoms with van der Waals surface area (Å²) in [7, 11) is -0.353. The predicted octanol–water partition coefficient (Wildman–Crippen LogP) is 2.67. The van der Waals surface area contributed by atoms with E-state index in [0.717, 1.165) is 51.5 Å². The van der Waals surface area contributed by atoms with Gasteiger partial charge in [-0.3, -0.25) is 9.59 Å². The molecule has 1 unspecified atom stereocenters. The van der Waals surface area contributed by atoms with Gasteiger partial charge in [-0.05, 0) is 30.6 Å². The Labute approximate surface area is 240 Å². The van der Waals surface area contributed by atoms with Crippen molar-refractivity contribution in [2.75, 3.05) is 53.5 Å². The molecule has 4 heterocycles. The van der Waals surface area contributed by atoms with Gasteiger partial charge in [0.05, 0.1) is 18.3 Å². The van der Waals surface area contributed by atoms with Crippen molar-refractivity contribution in [3.63, 3.8) is 0 Å². The molecule has 14 heteroatoms. The fraction of sp³-hybridized carbons (Fsp3) is 0.480. The van der Waals surface area contributed by atoms with E-state index < -0.39 is 16.1 Å². The van der Waals surface area contributed by atoms with Gasteiger partial charge in [0.25, 0.3) is 15.9 Å². The molecule has 39 heavy (non-hydrogen) atoms. The lowest BCUT2D eigenvalue weighted by atomic mass is 10.1. The number of halogens is 1. The van der Waals surface area contributed by atoms with Crippen LogP contribution >= 0.6 is 34.3 Å². The van der Waals surface area contributed by atoms with Gasteiger partial charge in [0.1, 0.15) is 4.21 Å². The number of rotatable bonds is 8. The number of hydrogen-bond acceptors (Lipinski definition) is 9. The Morgan fingerprint density at radius 3 is 2.82 bits per heavy atom. The van der Waals surface area contributed by atoms with E-state index in [0.29, 0.717) is 23.2 Å². The number of sulfonamides is 1. The van der Waals surface area contributed by atoms with Crippen LogP contribution in [0.15, 0.2) is 28.5 Å². The summed E-state index contributed by atoms with van der Waals surface area (Å²) in [5, 5.41) is 4.49. The summed E-state index contributed by atoms with van der Waals surface area (Å²) in [6.45, 7) is 2.69. The Morgan fingerprint density at radius 2 is 2.03 bits per heavy atom. The van der Waals surface area contributed by atoms with Crippen molar-refractivity contribution in [1.29, 1.82) is 0 Å². The van der Waals surface area contributed by atoms with Crippen LogP contribution in [0.1, 0.15) is 26.8 Å². The minimum Gasteiger partial charge on any atom is -0.383 e. The highest BCUT2D eigenvalue weighted by Gasteiger charge is 2.40. The van der Waals surface area contributed by atoms with Crippen LogP contribution < -0.4 is 5.32 Å². The Bertz CT molecular complexity index is 1490. The predicted molar refractivity (Wildman–Crippen MR) is 152 cm³/mol. The maximum absolute atomic E-state index is 13.8. The Balaban J connectivity index is 1.39. The smallest absolute Gasteiger partial charge is 0.282 e. The number of ether oxygens (including phenoxy) is 1. The van der Waals surface area contributed by atoms with Crippen LogP contribution in [0.2, 0.25) is 5.02 Å². The van der Waals surface area contributed by atoms with Gasteiger partial charge in [-0.15, -0.1) is 22.7 Å². The Morgan fingerprint density at radius 1 is 1.21 bits per heavy atom. The first-order valence-electron chi connectivity index (χ1n) is 12.6. The lowest BCUT2D eigenvalue weighted by Crippen LogP contribution is -2.57. The first kappa shape index (κ1) is 28.4. The van der Waals surface area contributed by atoms with Crippen LogP contribution in [0.3, 0.4) is 0 Å². The zero-order valence-electron chi connectivity index (χ0n) is 21.7. The van der Waals surface area contributed by atoms with Crippen LogP contribution in [0.5, 0.6) is 0 Å². The lowest BCUT2D eigenvalue weighted by Gasteiger charge is -2.39. The monoisotopic (exact) mass is 611 g/mol. The molecule has 1 atom stereocenters. The van der Waals surface area contributed by atoms with Crippen molar-refractivity contribution < 1.29 is 22.7 Å². The molecule has 0 saturated carbocycles. The van der Waals surface area contributed by atoms with Gasteiger partial charge in [0.2, 0.25) is 5.91 Å². The number of nitrogens with zero attached hydrogens (tertiary/aromatic N) is 4. The molecule has 1 saturated heterocycles.